The minimum Gasteiger partial charge on any atom is -0.324 e. The van der Waals surface area contributed by atoms with Crippen molar-refractivity contribution < 1.29 is 8.78 Å². The van der Waals surface area contributed by atoms with Crippen LogP contribution in [0.3, 0.4) is 0 Å². The second-order valence-electron chi connectivity index (χ2n) is 6.38. The Morgan fingerprint density at radius 2 is 1.68 bits per heavy atom. The van der Waals surface area contributed by atoms with Crippen LogP contribution >= 0.6 is 11.6 Å². The molecule has 0 aliphatic heterocycles. The van der Waals surface area contributed by atoms with Gasteiger partial charge in [-0.3, -0.25) is 0 Å². The van der Waals surface area contributed by atoms with Crippen molar-refractivity contribution in [1.29, 1.82) is 0 Å². The molecule has 0 spiro atoms. The van der Waals surface area contributed by atoms with Crippen LogP contribution in [-0.2, 0) is 0 Å². The van der Waals surface area contributed by atoms with Crippen molar-refractivity contribution in [2.75, 3.05) is 0 Å². The average Bonchev–Trinajstić information content (AvgIpc) is 2.81. The van der Waals surface area contributed by atoms with Crippen LogP contribution in [0.5, 0.6) is 0 Å². The van der Waals surface area contributed by atoms with Crippen molar-refractivity contribution in [3.8, 4) is 0 Å². The fourth-order valence-corrected chi connectivity index (χ4v) is 5.15. The Balaban J connectivity index is 1.62. The quantitative estimate of drug-likeness (QED) is 0.818. The minimum absolute atomic E-state index is 0.249. The van der Waals surface area contributed by atoms with Gasteiger partial charge >= 0.3 is 0 Å². The molecule has 1 nitrogen and oxygen atoms in total. The first-order valence-corrected chi connectivity index (χ1v) is 7.35. The third kappa shape index (κ3) is 1.61. The van der Waals surface area contributed by atoms with Crippen molar-refractivity contribution in [3.63, 3.8) is 0 Å². The van der Waals surface area contributed by atoms with Crippen LogP contribution in [-0.4, -0.2) is 0 Å². The summed E-state index contributed by atoms with van der Waals surface area (Å²) < 4.78 is 26.5. The summed E-state index contributed by atoms with van der Waals surface area (Å²) in [5.41, 5.74) is 6.86. The highest BCUT2D eigenvalue weighted by atomic mass is 35.5. The van der Waals surface area contributed by atoms with Crippen LogP contribution in [0.4, 0.5) is 8.78 Å². The Morgan fingerprint density at radius 1 is 1.11 bits per heavy atom. The van der Waals surface area contributed by atoms with E-state index in [1.54, 1.807) is 0 Å². The van der Waals surface area contributed by atoms with Crippen LogP contribution in [0.1, 0.15) is 30.9 Å². The Hall–Kier alpha value is -0.670. The lowest BCUT2D eigenvalue weighted by molar-refractivity contribution is 0.415. The molecule has 1 aromatic carbocycles. The van der Waals surface area contributed by atoms with E-state index in [4.69, 9.17) is 17.3 Å². The highest BCUT2D eigenvalue weighted by Gasteiger charge is 2.66. The maximum atomic E-state index is 13.4. The van der Waals surface area contributed by atoms with Gasteiger partial charge in [-0.1, -0.05) is 11.6 Å². The van der Waals surface area contributed by atoms with Gasteiger partial charge in [-0.2, -0.15) is 0 Å². The third-order valence-electron chi connectivity index (χ3n) is 5.61. The molecule has 4 rings (SSSR count). The van der Waals surface area contributed by atoms with Crippen molar-refractivity contribution in [2.24, 2.45) is 35.3 Å². The SMILES string of the molecule is NC(c1cc(F)c(F)cc1Cl)C1C2C3CCC(C3)C21. The summed E-state index contributed by atoms with van der Waals surface area (Å²) in [6.07, 6.45) is 3.99. The van der Waals surface area contributed by atoms with E-state index >= 15 is 0 Å². The summed E-state index contributed by atoms with van der Waals surface area (Å²) in [7, 11) is 0. The van der Waals surface area contributed by atoms with Gasteiger partial charge in [-0.15, -0.1) is 0 Å². The lowest BCUT2D eigenvalue weighted by Crippen LogP contribution is -2.18. The third-order valence-corrected chi connectivity index (χ3v) is 5.94. The van der Waals surface area contributed by atoms with E-state index in [0.29, 0.717) is 23.3 Å². The highest BCUT2D eigenvalue weighted by Crippen LogP contribution is 2.72. The molecule has 2 N–H and O–H groups in total. The molecule has 0 radical (unpaired) electrons. The number of hydrogen-bond acceptors (Lipinski definition) is 1. The molecule has 0 heterocycles. The Morgan fingerprint density at radius 3 is 2.32 bits per heavy atom. The number of rotatable bonds is 2. The van der Waals surface area contributed by atoms with Crippen LogP contribution in [0, 0.1) is 41.2 Å². The summed E-state index contributed by atoms with van der Waals surface area (Å²) in [5.74, 6) is 1.70. The lowest BCUT2D eigenvalue weighted by Gasteiger charge is -2.18. The molecule has 102 valence electrons. The van der Waals surface area contributed by atoms with Crippen molar-refractivity contribution in [3.05, 3.63) is 34.4 Å². The molecule has 1 aromatic rings. The highest BCUT2D eigenvalue weighted by molar-refractivity contribution is 6.31. The zero-order chi connectivity index (χ0) is 13.3. The van der Waals surface area contributed by atoms with Crippen molar-refractivity contribution >= 4 is 11.6 Å². The van der Waals surface area contributed by atoms with Crippen LogP contribution < -0.4 is 5.73 Å². The topological polar surface area (TPSA) is 26.0 Å². The number of fused-ring (bicyclic) bond motifs is 5. The fourth-order valence-electron chi connectivity index (χ4n) is 4.87. The van der Waals surface area contributed by atoms with Gasteiger partial charge in [0.1, 0.15) is 0 Å². The maximum absolute atomic E-state index is 13.4. The summed E-state index contributed by atoms with van der Waals surface area (Å²) in [5, 5.41) is 0.253. The molecule has 4 heteroatoms. The first-order valence-electron chi connectivity index (χ1n) is 6.98. The molecule has 0 saturated heterocycles. The van der Waals surface area contributed by atoms with Gasteiger partial charge in [0, 0.05) is 11.1 Å². The first-order chi connectivity index (χ1) is 9.08. The second-order valence-corrected chi connectivity index (χ2v) is 6.79. The number of nitrogens with two attached hydrogens (primary N) is 1. The van der Waals surface area contributed by atoms with E-state index in [2.05, 4.69) is 0 Å². The molecule has 3 fully saturated rings. The molecule has 0 amide bonds. The van der Waals surface area contributed by atoms with Crippen LogP contribution in [0.25, 0.3) is 0 Å². The largest absolute Gasteiger partial charge is 0.324 e. The number of halogens is 3. The minimum atomic E-state index is -0.906. The van der Waals surface area contributed by atoms with E-state index < -0.39 is 11.6 Å². The first kappa shape index (κ1) is 12.1. The Labute approximate surface area is 116 Å². The molecular formula is C15H16ClF2N. The number of hydrogen-bond donors (Lipinski definition) is 1. The van der Waals surface area contributed by atoms with Gasteiger partial charge in [0.25, 0.3) is 0 Å². The van der Waals surface area contributed by atoms with E-state index in [1.165, 1.54) is 25.3 Å². The molecular weight excluding hydrogens is 268 g/mol. The summed E-state index contributed by atoms with van der Waals surface area (Å²) >= 11 is 6.03. The fraction of sp³-hybridized carbons (Fsp3) is 0.600. The van der Waals surface area contributed by atoms with Gasteiger partial charge < -0.3 is 5.73 Å². The van der Waals surface area contributed by atoms with Crippen molar-refractivity contribution in [1.82, 2.24) is 0 Å². The Kier molecular flexibility index (Phi) is 2.50. The number of benzene rings is 1. The van der Waals surface area contributed by atoms with Gasteiger partial charge in [-0.25, -0.2) is 8.78 Å². The summed E-state index contributed by atoms with van der Waals surface area (Å²) in [6.45, 7) is 0. The van der Waals surface area contributed by atoms with Gasteiger partial charge in [-0.05, 0) is 66.5 Å². The monoisotopic (exact) mass is 283 g/mol. The van der Waals surface area contributed by atoms with E-state index in [1.807, 2.05) is 0 Å². The predicted molar refractivity (Wildman–Crippen MR) is 69.6 cm³/mol. The lowest BCUT2D eigenvalue weighted by atomic mass is 9.93. The molecule has 5 unspecified atom stereocenters. The zero-order valence-electron chi connectivity index (χ0n) is 10.5. The molecule has 19 heavy (non-hydrogen) atoms. The Bertz CT molecular complexity index is 531. The van der Waals surface area contributed by atoms with E-state index in [-0.39, 0.29) is 11.1 Å². The summed E-state index contributed by atoms with van der Waals surface area (Å²) in [6, 6.07) is 1.97. The predicted octanol–water partition coefficient (Wildman–Crippen LogP) is 3.91. The molecule has 5 atom stereocenters. The smallest absolute Gasteiger partial charge is 0.160 e. The van der Waals surface area contributed by atoms with Gasteiger partial charge in [0.15, 0.2) is 11.6 Å². The zero-order valence-corrected chi connectivity index (χ0v) is 11.2. The average molecular weight is 284 g/mol. The van der Waals surface area contributed by atoms with Crippen molar-refractivity contribution in [2.45, 2.75) is 25.3 Å². The molecule has 3 aliphatic rings. The second kappa shape index (κ2) is 3.92. The van der Waals surface area contributed by atoms with Gasteiger partial charge in [0.2, 0.25) is 0 Å². The molecule has 2 bridgehead atoms. The van der Waals surface area contributed by atoms with Crippen LogP contribution in [0.2, 0.25) is 5.02 Å². The molecule has 3 aliphatic carbocycles. The standard InChI is InChI=1S/C15H16ClF2N/c16-9-5-11(18)10(17)4-8(9)15(19)14-12-6-1-2-7(3-6)13(12)14/h4-7,12-15H,1-3,19H2. The van der Waals surface area contributed by atoms with Gasteiger partial charge in [0.05, 0.1) is 0 Å². The van der Waals surface area contributed by atoms with E-state index in [9.17, 15) is 8.78 Å². The van der Waals surface area contributed by atoms with Crippen LogP contribution in [0.15, 0.2) is 12.1 Å². The maximum Gasteiger partial charge on any atom is 0.160 e. The normalized spacial score (nSPS) is 40.3. The summed E-state index contributed by atoms with van der Waals surface area (Å²) in [4.78, 5) is 0. The molecule has 3 saturated carbocycles. The molecule has 0 aromatic heterocycles. The van der Waals surface area contributed by atoms with E-state index in [0.717, 1.165) is 17.9 Å².